The normalized spacial score (nSPS) is 54.2. The average Bonchev–Trinajstić information content (AvgIpc) is 2.82. The van der Waals surface area contributed by atoms with Crippen molar-refractivity contribution in [3.05, 3.63) is 11.6 Å². The zero-order valence-electron chi connectivity index (χ0n) is 22.8. The van der Waals surface area contributed by atoms with Crippen molar-refractivity contribution < 1.29 is 30.0 Å². The second-order valence-corrected chi connectivity index (χ2v) is 14.6. The number of carbonyl (C=O) groups is 2. The number of allylic oxidation sites excluding steroid dienone is 2. The van der Waals surface area contributed by atoms with Crippen LogP contribution in [-0.2, 0) is 9.59 Å². The minimum atomic E-state index is -0.896. The minimum absolute atomic E-state index is 0.00675. The summed E-state index contributed by atoms with van der Waals surface area (Å²) >= 11 is 0. The van der Waals surface area contributed by atoms with Gasteiger partial charge in [-0.15, -0.1) is 0 Å². The van der Waals surface area contributed by atoms with E-state index in [9.17, 15) is 30.0 Å². The number of carboxylic acids is 2. The van der Waals surface area contributed by atoms with Crippen LogP contribution in [0, 0.1) is 50.2 Å². The maximum Gasteiger partial charge on any atom is 0.310 e. The van der Waals surface area contributed by atoms with Gasteiger partial charge in [0.05, 0.1) is 23.5 Å². The van der Waals surface area contributed by atoms with E-state index >= 15 is 0 Å². The topological polar surface area (TPSA) is 115 Å². The van der Waals surface area contributed by atoms with E-state index < -0.39 is 34.3 Å². The van der Waals surface area contributed by atoms with Crippen LogP contribution in [0.15, 0.2) is 11.6 Å². The molecule has 0 unspecified atom stereocenters. The van der Waals surface area contributed by atoms with E-state index in [1.54, 1.807) is 6.92 Å². The van der Waals surface area contributed by atoms with Crippen LogP contribution in [0.1, 0.15) is 98.8 Å². The third kappa shape index (κ3) is 2.98. The largest absolute Gasteiger partial charge is 0.481 e. The molecule has 0 aromatic heterocycles. The molecule has 4 saturated carbocycles. The van der Waals surface area contributed by atoms with Gasteiger partial charge in [-0.3, -0.25) is 9.59 Å². The molecule has 0 aromatic rings. The Morgan fingerprint density at radius 3 is 2.17 bits per heavy atom. The zero-order chi connectivity index (χ0) is 26.5. The SMILES string of the molecule is C[C@]1(C(=O)O)CC[C@]2(C(=O)O)CC[C@]3(C)C(=CC[C@@H]4[C@@]5(C)CC[C@@H](O)[C@](C)(CO)[C@@H]5CC[C@]43C)[C@@H]2C1. The molecule has 0 heterocycles. The summed E-state index contributed by atoms with van der Waals surface area (Å²) < 4.78 is 0. The molecule has 5 rings (SSSR count). The molecule has 4 N–H and O–H groups in total. The molecule has 202 valence electrons. The van der Waals surface area contributed by atoms with Crippen molar-refractivity contribution in [1.82, 2.24) is 0 Å². The summed E-state index contributed by atoms with van der Waals surface area (Å²) in [7, 11) is 0. The monoisotopic (exact) mass is 502 g/mol. The highest BCUT2D eigenvalue weighted by Gasteiger charge is 2.70. The van der Waals surface area contributed by atoms with E-state index in [0.717, 1.165) is 32.1 Å². The molecule has 6 nitrogen and oxygen atoms in total. The van der Waals surface area contributed by atoms with Crippen molar-refractivity contribution in [2.45, 2.75) is 105 Å². The maximum atomic E-state index is 12.8. The molecule has 0 radical (unpaired) electrons. The quantitative estimate of drug-likeness (QED) is 0.391. The van der Waals surface area contributed by atoms with Crippen LogP contribution in [0.5, 0.6) is 0 Å². The van der Waals surface area contributed by atoms with Gasteiger partial charge in [0, 0.05) is 5.41 Å². The fraction of sp³-hybridized carbons (Fsp3) is 0.867. The van der Waals surface area contributed by atoms with Gasteiger partial charge in [0.1, 0.15) is 0 Å². The summed E-state index contributed by atoms with van der Waals surface area (Å²) in [5, 5.41) is 41.9. The Labute approximate surface area is 215 Å². The standard InChI is InChI=1S/C30H46O6/c1-25(23(33)34)12-14-30(24(35)36)15-13-28(4)18(19(30)16-25)6-7-21-26(2)10-9-22(32)27(3,17-31)20(26)8-11-29(21,28)5/h6,19-22,31-32H,7-17H2,1-5H3,(H,33,34)(H,35,36)/t19-,20+,21+,22+,25-,26-,27+,28+,29+,30-/m0/s1. The number of aliphatic hydroxyl groups excluding tert-OH is 2. The van der Waals surface area contributed by atoms with Gasteiger partial charge in [-0.05, 0) is 105 Å². The summed E-state index contributed by atoms with van der Waals surface area (Å²) in [6, 6.07) is 0. The van der Waals surface area contributed by atoms with Crippen molar-refractivity contribution in [3.8, 4) is 0 Å². The molecule has 5 aliphatic carbocycles. The molecule has 0 spiro atoms. The van der Waals surface area contributed by atoms with Crippen LogP contribution < -0.4 is 0 Å². The number of fused-ring (bicyclic) bond motifs is 7. The van der Waals surface area contributed by atoms with Gasteiger partial charge < -0.3 is 20.4 Å². The fourth-order valence-electron chi connectivity index (χ4n) is 10.7. The summed E-state index contributed by atoms with van der Waals surface area (Å²) in [6.07, 6.45) is 8.93. The van der Waals surface area contributed by atoms with Crippen LogP contribution in [-0.4, -0.2) is 45.1 Å². The predicted octanol–water partition coefficient (Wildman–Crippen LogP) is 5.27. The fourth-order valence-corrected chi connectivity index (χ4v) is 10.7. The van der Waals surface area contributed by atoms with Gasteiger partial charge >= 0.3 is 11.9 Å². The number of hydrogen-bond donors (Lipinski definition) is 4. The van der Waals surface area contributed by atoms with Crippen LogP contribution in [0.4, 0.5) is 0 Å². The Balaban J connectivity index is 1.60. The smallest absolute Gasteiger partial charge is 0.310 e. The lowest BCUT2D eigenvalue weighted by molar-refractivity contribution is -0.217. The first-order valence-electron chi connectivity index (χ1n) is 14.1. The molecule has 0 amide bonds. The van der Waals surface area contributed by atoms with Gasteiger partial charge in [0.25, 0.3) is 0 Å². The van der Waals surface area contributed by atoms with Gasteiger partial charge in [0.2, 0.25) is 0 Å². The first kappa shape index (κ1) is 26.2. The zero-order valence-corrected chi connectivity index (χ0v) is 22.8. The van der Waals surface area contributed by atoms with E-state index in [2.05, 4.69) is 33.8 Å². The number of hydrogen-bond acceptors (Lipinski definition) is 4. The molecule has 6 heteroatoms. The van der Waals surface area contributed by atoms with Crippen molar-refractivity contribution in [3.63, 3.8) is 0 Å². The molecule has 4 fully saturated rings. The highest BCUT2D eigenvalue weighted by atomic mass is 16.4. The van der Waals surface area contributed by atoms with Gasteiger partial charge in [-0.1, -0.05) is 39.3 Å². The summed E-state index contributed by atoms with van der Waals surface area (Å²) in [6.45, 7) is 11.0. The van der Waals surface area contributed by atoms with Crippen LogP contribution in [0.3, 0.4) is 0 Å². The third-order valence-corrected chi connectivity index (χ3v) is 13.5. The Bertz CT molecular complexity index is 1010. The molecule has 0 aliphatic heterocycles. The van der Waals surface area contributed by atoms with Crippen LogP contribution >= 0.6 is 0 Å². The Morgan fingerprint density at radius 1 is 0.889 bits per heavy atom. The van der Waals surface area contributed by atoms with Crippen molar-refractivity contribution in [2.75, 3.05) is 6.61 Å². The summed E-state index contributed by atoms with van der Waals surface area (Å²) in [4.78, 5) is 25.0. The number of aliphatic carboxylic acids is 2. The minimum Gasteiger partial charge on any atom is -0.481 e. The highest BCUT2D eigenvalue weighted by molar-refractivity contribution is 5.79. The second kappa shape index (κ2) is 7.81. The van der Waals surface area contributed by atoms with E-state index in [1.807, 2.05) is 0 Å². The number of carboxylic acid groups (broad SMARTS) is 2. The summed E-state index contributed by atoms with van der Waals surface area (Å²) in [5.74, 6) is -1.20. The molecule has 10 atom stereocenters. The van der Waals surface area contributed by atoms with Gasteiger partial charge in [-0.25, -0.2) is 0 Å². The lowest BCUT2D eigenvalue weighted by atomic mass is 9.33. The third-order valence-electron chi connectivity index (χ3n) is 13.5. The number of aliphatic hydroxyl groups is 2. The van der Waals surface area contributed by atoms with E-state index in [-0.39, 0.29) is 34.7 Å². The second-order valence-electron chi connectivity index (χ2n) is 14.6. The molecule has 0 saturated heterocycles. The summed E-state index contributed by atoms with van der Waals surface area (Å²) in [5.41, 5.74) is -1.29. The van der Waals surface area contributed by atoms with Gasteiger partial charge in [0.15, 0.2) is 0 Å². The van der Waals surface area contributed by atoms with Crippen molar-refractivity contribution in [1.29, 1.82) is 0 Å². The molecule has 36 heavy (non-hydrogen) atoms. The Kier molecular flexibility index (Phi) is 5.69. The molecule has 0 aromatic carbocycles. The van der Waals surface area contributed by atoms with Crippen molar-refractivity contribution >= 4 is 11.9 Å². The molecular formula is C30H46O6. The van der Waals surface area contributed by atoms with E-state index in [4.69, 9.17) is 0 Å². The van der Waals surface area contributed by atoms with E-state index in [1.165, 1.54) is 5.57 Å². The van der Waals surface area contributed by atoms with Crippen LogP contribution in [0.2, 0.25) is 0 Å². The highest BCUT2D eigenvalue weighted by Crippen LogP contribution is 2.75. The Morgan fingerprint density at radius 2 is 1.56 bits per heavy atom. The lowest BCUT2D eigenvalue weighted by Gasteiger charge is -2.71. The first-order chi connectivity index (χ1) is 16.6. The molecular weight excluding hydrogens is 456 g/mol. The molecule has 0 bridgehead atoms. The maximum absolute atomic E-state index is 12.8. The Hall–Kier alpha value is -1.40. The first-order valence-corrected chi connectivity index (χ1v) is 14.1. The van der Waals surface area contributed by atoms with Crippen molar-refractivity contribution in [2.24, 2.45) is 50.2 Å². The number of rotatable bonds is 3. The average molecular weight is 503 g/mol. The van der Waals surface area contributed by atoms with Crippen LogP contribution in [0.25, 0.3) is 0 Å². The molecule has 5 aliphatic rings. The lowest BCUT2D eigenvalue weighted by Crippen LogP contribution is -2.66. The predicted molar refractivity (Wildman–Crippen MR) is 136 cm³/mol. The van der Waals surface area contributed by atoms with Gasteiger partial charge in [-0.2, -0.15) is 0 Å². The van der Waals surface area contributed by atoms with E-state index in [0.29, 0.717) is 38.0 Å².